The van der Waals surface area contributed by atoms with Gasteiger partial charge in [0.2, 0.25) is 0 Å². The number of halogens is 1. The summed E-state index contributed by atoms with van der Waals surface area (Å²) >= 11 is 6.10. The van der Waals surface area contributed by atoms with Crippen LogP contribution in [-0.4, -0.2) is 40.9 Å². The lowest BCUT2D eigenvalue weighted by molar-refractivity contribution is 0.0928. The Morgan fingerprint density at radius 1 is 1.03 bits per heavy atom. The van der Waals surface area contributed by atoms with E-state index in [1.54, 1.807) is 12.4 Å². The molecule has 0 unspecified atom stereocenters. The third kappa shape index (κ3) is 3.26. The standard InChI is InChI=1S/C22H23ClN8/c1-11-12-2-4-13(5-3-12)18(11)30-17-8-15(21-24-6-7-25-21)28-20(31-17)14-9-26-22-19(14)29-16(23)10-27-22/h6-13,18H,2-5H2,1H3,(H,24,25)(H,26,27)(H,28,30,31)/t11-,12?,13?,18+/m0/s1. The molecular weight excluding hydrogens is 412 g/mol. The van der Waals surface area contributed by atoms with Crippen LogP contribution in [0.25, 0.3) is 34.1 Å². The summed E-state index contributed by atoms with van der Waals surface area (Å²) in [6.45, 7) is 2.38. The summed E-state index contributed by atoms with van der Waals surface area (Å²) in [5, 5.41) is 4.10. The van der Waals surface area contributed by atoms with Crippen LogP contribution in [0.1, 0.15) is 32.6 Å². The molecule has 158 valence electrons. The van der Waals surface area contributed by atoms with Gasteiger partial charge in [0.1, 0.15) is 22.2 Å². The topological polar surface area (TPSA) is 108 Å². The van der Waals surface area contributed by atoms with E-state index in [1.807, 2.05) is 12.3 Å². The lowest BCUT2D eigenvalue weighted by Gasteiger charge is -2.47. The van der Waals surface area contributed by atoms with Gasteiger partial charge < -0.3 is 15.3 Å². The van der Waals surface area contributed by atoms with Crippen LogP contribution in [0.15, 0.2) is 30.9 Å². The minimum Gasteiger partial charge on any atom is -0.367 e. The Kier molecular flexibility index (Phi) is 4.41. The highest BCUT2D eigenvalue weighted by atomic mass is 35.5. The monoisotopic (exact) mass is 434 g/mol. The first kappa shape index (κ1) is 18.7. The van der Waals surface area contributed by atoms with Gasteiger partial charge in [-0.3, -0.25) is 0 Å². The summed E-state index contributed by atoms with van der Waals surface area (Å²) in [6.07, 6.45) is 12.2. The Balaban J connectivity index is 1.44. The molecule has 4 heterocycles. The number of hydrogen-bond donors (Lipinski definition) is 3. The van der Waals surface area contributed by atoms with E-state index in [9.17, 15) is 0 Å². The maximum absolute atomic E-state index is 6.10. The second-order valence-electron chi connectivity index (χ2n) is 8.70. The predicted octanol–water partition coefficient (Wildman–Crippen LogP) is 4.70. The number of aromatic nitrogens is 7. The van der Waals surface area contributed by atoms with Crippen molar-refractivity contribution in [3.8, 4) is 22.9 Å². The summed E-state index contributed by atoms with van der Waals surface area (Å²) in [4.78, 5) is 29.1. The molecule has 3 aliphatic rings. The molecule has 3 aliphatic carbocycles. The van der Waals surface area contributed by atoms with Crippen molar-refractivity contribution in [1.82, 2.24) is 34.9 Å². The van der Waals surface area contributed by atoms with Crippen molar-refractivity contribution in [2.75, 3.05) is 5.32 Å². The molecule has 3 fully saturated rings. The van der Waals surface area contributed by atoms with Crippen molar-refractivity contribution in [2.24, 2.45) is 17.8 Å². The summed E-state index contributed by atoms with van der Waals surface area (Å²) in [5.41, 5.74) is 2.80. The number of rotatable bonds is 4. The quantitative estimate of drug-likeness (QED) is 0.429. The molecule has 0 radical (unpaired) electrons. The van der Waals surface area contributed by atoms with Crippen molar-refractivity contribution in [1.29, 1.82) is 0 Å². The third-order valence-corrected chi connectivity index (χ3v) is 7.19. The smallest absolute Gasteiger partial charge is 0.166 e. The normalized spacial score (nSPS) is 25.2. The molecule has 3 N–H and O–H groups in total. The number of nitrogens with zero attached hydrogens (tertiary/aromatic N) is 5. The molecule has 9 heteroatoms. The highest BCUT2D eigenvalue weighted by Gasteiger charge is 2.41. The number of imidazole rings is 1. The molecule has 0 aliphatic heterocycles. The van der Waals surface area contributed by atoms with E-state index in [2.05, 4.69) is 37.2 Å². The average molecular weight is 435 g/mol. The summed E-state index contributed by atoms with van der Waals surface area (Å²) in [6, 6.07) is 2.40. The van der Waals surface area contributed by atoms with Gasteiger partial charge in [-0.1, -0.05) is 18.5 Å². The molecule has 0 spiro atoms. The first-order valence-electron chi connectivity index (χ1n) is 10.8. The van der Waals surface area contributed by atoms with E-state index in [0.717, 1.165) is 23.0 Å². The minimum atomic E-state index is 0.334. The number of anilines is 1. The lowest BCUT2D eigenvalue weighted by atomic mass is 9.62. The first-order valence-corrected chi connectivity index (χ1v) is 11.2. The molecule has 31 heavy (non-hydrogen) atoms. The molecule has 0 saturated heterocycles. The van der Waals surface area contributed by atoms with Crippen molar-refractivity contribution < 1.29 is 0 Å². The zero-order valence-electron chi connectivity index (χ0n) is 17.1. The molecule has 7 rings (SSSR count). The highest BCUT2D eigenvalue weighted by molar-refractivity contribution is 6.29. The fraction of sp³-hybridized carbons (Fsp3) is 0.409. The number of H-pyrrole nitrogens is 2. The van der Waals surface area contributed by atoms with Crippen molar-refractivity contribution in [2.45, 2.75) is 38.6 Å². The van der Waals surface area contributed by atoms with Crippen LogP contribution >= 0.6 is 11.6 Å². The molecule has 3 saturated carbocycles. The van der Waals surface area contributed by atoms with Gasteiger partial charge in [0.05, 0.1) is 11.8 Å². The Morgan fingerprint density at radius 3 is 2.65 bits per heavy atom. The van der Waals surface area contributed by atoms with Gasteiger partial charge in [-0.15, -0.1) is 0 Å². The molecule has 4 aromatic rings. The summed E-state index contributed by atoms with van der Waals surface area (Å²) in [5.74, 6) is 4.21. The maximum Gasteiger partial charge on any atom is 0.166 e. The summed E-state index contributed by atoms with van der Waals surface area (Å²) in [7, 11) is 0. The van der Waals surface area contributed by atoms with E-state index in [-0.39, 0.29) is 0 Å². The van der Waals surface area contributed by atoms with Crippen LogP contribution in [0.4, 0.5) is 5.82 Å². The van der Waals surface area contributed by atoms with Crippen LogP contribution in [-0.2, 0) is 0 Å². The van der Waals surface area contributed by atoms with Crippen molar-refractivity contribution in [3.05, 3.63) is 36.0 Å². The largest absolute Gasteiger partial charge is 0.367 e. The van der Waals surface area contributed by atoms with Crippen LogP contribution in [0.3, 0.4) is 0 Å². The van der Waals surface area contributed by atoms with E-state index in [0.29, 0.717) is 45.8 Å². The zero-order chi connectivity index (χ0) is 20.9. The number of fused-ring (bicyclic) bond motifs is 4. The van der Waals surface area contributed by atoms with Gasteiger partial charge in [0, 0.05) is 30.7 Å². The molecule has 2 bridgehead atoms. The van der Waals surface area contributed by atoms with Gasteiger partial charge in [-0.25, -0.2) is 24.9 Å². The molecular formula is C22H23ClN8. The van der Waals surface area contributed by atoms with Gasteiger partial charge >= 0.3 is 0 Å². The Bertz CT molecular complexity index is 1220. The molecule has 8 nitrogen and oxygen atoms in total. The number of hydrogen-bond acceptors (Lipinski definition) is 6. The predicted molar refractivity (Wildman–Crippen MR) is 120 cm³/mol. The van der Waals surface area contributed by atoms with Crippen LogP contribution < -0.4 is 5.32 Å². The lowest BCUT2D eigenvalue weighted by Crippen LogP contribution is -2.47. The Morgan fingerprint density at radius 2 is 1.87 bits per heavy atom. The molecule has 0 amide bonds. The van der Waals surface area contributed by atoms with Crippen molar-refractivity contribution in [3.63, 3.8) is 0 Å². The van der Waals surface area contributed by atoms with Gasteiger partial charge in [-0.05, 0) is 43.4 Å². The van der Waals surface area contributed by atoms with E-state index in [1.165, 1.54) is 31.9 Å². The fourth-order valence-electron chi connectivity index (χ4n) is 5.38. The van der Waals surface area contributed by atoms with Gasteiger partial charge in [0.25, 0.3) is 0 Å². The third-order valence-electron chi connectivity index (χ3n) is 7.01. The van der Waals surface area contributed by atoms with Crippen LogP contribution in [0.5, 0.6) is 0 Å². The van der Waals surface area contributed by atoms with E-state index < -0.39 is 0 Å². The van der Waals surface area contributed by atoms with E-state index >= 15 is 0 Å². The molecule has 4 aromatic heterocycles. The Labute approximate surface area is 184 Å². The van der Waals surface area contributed by atoms with Crippen LogP contribution in [0, 0.1) is 17.8 Å². The first-order chi connectivity index (χ1) is 15.2. The maximum atomic E-state index is 6.10. The van der Waals surface area contributed by atoms with Gasteiger partial charge in [-0.2, -0.15) is 0 Å². The van der Waals surface area contributed by atoms with Crippen molar-refractivity contribution >= 4 is 28.6 Å². The minimum absolute atomic E-state index is 0.334. The van der Waals surface area contributed by atoms with Gasteiger partial charge in [0.15, 0.2) is 17.3 Å². The van der Waals surface area contributed by atoms with Crippen LogP contribution in [0.2, 0.25) is 5.15 Å². The molecule has 0 aromatic carbocycles. The second kappa shape index (κ2) is 7.30. The number of nitrogens with one attached hydrogen (secondary N) is 3. The fourth-order valence-corrected chi connectivity index (χ4v) is 5.51. The highest BCUT2D eigenvalue weighted by Crippen LogP contribution is 2.46. The summed E-state index contributed by atoms with van der Waals surface area (Å²) < 4.78 is 0. The average Bonchev–Trinajstić information content (AvgIpc) is 3.46. The molecule has 2 atom stereocenters. The SMILES string of the molecule is C[C@H]1C2CCC(CC2)[C@@H]1Nc1cc(-c2ncc[nH]2)nc(-c2c[nH]c3ncc(Cl)nc23)n1. The van der Waals surface area contributed by atoms with E-state index in [4.69, 9.17) is 21.6 Å². The second-order valence-corrected chi connectivity index (χ2v) is 9.08. The number of aromatic amines is 2. The zero-order valence-corrected chi connectivity index (χ0v) is 17.9. The Hall–Kier alpha value is -3.00.